The van der Waals surface area contributed by atoms with Crippen molar-refractivity contribution >= 4 is 17.6 Å². The maximum atomic E-state index is 11.7. The highest BCUT2D eigenvalue weighted by Gasteiger charge is 2.07. The zero-order valence-electron chi connectivity index (χ0n) is 12.1. The highest BCUT2D eigenvalue weighted by Crippen LogP contribution is 2.18. The molecule has 0 aliphatic rings. The number of hydrogen-bond acceptors (Lipinski definition) is 4. The molecular weight excluding hydrogens is 258 g/mol. The van der Waals surface area contributed by atoms with Crippen molar-refractivity contribution in [2.75, 3.05) is 18.5 Å². The molecule has 0 atom stereocenters. The van der Waals surface area contributed by atoms with E-state index in [4.69, 9.17) is 9.47 Å². The summed E-state index contributed by atoms with van der Waals surface area (Å²) in [5.74, 6) is 0.364. The minimum Gasteiger partial charge on any atom is -0.482 e. The van der Waals surface area contributed by atoms with Crippen molar-refractivity contribution in [1.82, 2.24) is 0 Å². The molecule has 1 rings (SSSR count). The van der Waals surface area contributed by atoms with Crippen molar-refractivity contribution in [3.05, 3.63) is 24.3 Å². The number of carbonyl (C=O) groups is 2. The van der Waals surface area contributed by atoms with Crippen LogP contribution in [-0.2, 0) is 14.3 Å². The van der Waals surface area contributed by atoms with Crippen molar-refractivity contribution in [2.24, 2.45) is 5.92 Å². The second-order valence-electron chi connectivity index (χ2n) is 4.77. The Bertz CT molecular complexity index is 457. The smallest absolute Gasteiger partial charge is 0.344 e. The molecule has 1 aromatic carbocycles. The van der Waals surface area contributed by atoms with Crippen LogP contribution in [0.1, 0.15) is 27.2 Å². The van der Waals surface area contributed by atoms with Gasteiger partial charge >= 0.3 is 5.97 Å². The van der Waals surface area contributed by atoms with Gasteiger partial charge in [-0.2, -0.15) is 0 Å². The highest BCUT2D eigenvalue weighted by atomic mass is 16.6. The first kappa shape index (κ1) is 16.0. The van der Waals surface area contributed by atoms with Crippen LogP contribution in [0.25, 0.3) is 0 Å². The molecule has 0 spiro atoms. The fraction of sp³-hybridized carbons (Fsp3) is 0.467. The number of amides is 1. The molecule has 5 nitrogen and oxygen atoms in total. The van der Waals surface area contributed by atoms with Crippen LogP contribution >= 0.6 is 0 Å². The fourth-order valence-corrected chi connectivity index (χ4v) is 1.59. The van der Waals surface area contributed by atoms with Gasteiger partial charge in [0, 0.05) is 18.2 Å². The Hall–Kier alpha value is -2.04. The summed E-state index contributed by atoms with van der Waals surface area (Å²) in [4.78, 5) is 22.8. The molecule has 0 aliphatic heterocycles. The van der Waals surface area contributed by atoms with Gasteiger partial charge in [-0.05, 0) is 25.0 Å². The quantitative estimate of drug-likeness (QED) is 0.779. The van der Waals surface area contributed by atoms with Crippen molar-refractivity contribution in [2.45, 2.75) is 27.2 Å². The van der Waals surface area contributed by atoms with Crippen molar-refractivity contribution in [1.29, 1.82) is 0 Å². The Morgan fingerprint density at radius 3 is 2.70 bits per heavy atom. The third-order valence-corrected chi connectivity index (χ3v) is 2.37. The molecular formula is C15H21NO4. The van der Waals surface area contributed by atoms with Gasteiger partial charge in [0.1, 0.15) is 5.75 Å². The zero-order chi connectivity index (χ0) is 15.0. The average molecular weight is 279 g/mol. The largest absolute Gasteiger partial charge is 0.482 e. The Morgan fingerprint density at radius 2 is 2.05 bits per heavy atom. The normalized spacial score (nSPS) is 10.2. The SMILES string of the molecule is CCOC(=O)COc1cccc(NC(=O)CC(C)C)c1. The second-order valence-corrected chi connectivity index (χ2v) is 4.77. The first-order valence-electron chi connectivity index (χ1n) is 6.69. The van der Waals surface area contributed by atoms with Gasteiger partial charge < -0.3 is 14.8 Å². The van der Waals surface area contributed by atoms with E-state index >= 15 is 0 Å². The number of anilines is 1. The van der Waals surface area contributed by atoms with Gasteiger partial charge in [-0.15, -0.1) is 0 Å². The number of hydrogen-bond donors (Lipinski definition) is 1. The molecule has 0 aromatic heterocycles. The van der Waals surface area contributed by atoms with Gasteiger partial charge in [-0.1, -0.05) is 19.9 Å². The molecule has 0 bridgehead atoms. The summed E-state index contributed by atoms with van der Waals surface area (Å²) >= 11 is 0. The van der Waals surface area contributed by atoms with E-state index in [0.29, 0.717) is 30.4 Å². The summed E-state index contributed by atoms with van der Waals surface area (Å²) in [5, 5.41) is 2.79. The molecule has 0 saturated carbocycles. The van der Waals surface area contributed by atoms with Gasteiger partial charge in [0.25, 0.3) is 0 Å². The summed E-state index contributed by atoms with van der Waals surface area (Å²) in [7, 11) is 0. The zero-order valence-corrected chi connectivity index (χ0v) is 12.1. The van der Waals surface area contributed by atoms with Crippen LogP contribution in [0, 0.1) is 5.92 Å². The topological polar surface area (TPSA) is 64.6 Å². The Labute approximate surface area is 119 Å². The molecule has 1 N–H and O–H groups in total. The highest BCUT2D eigenvalue weighted by molar-refractivity contribution is 5.91. The summed E-state index contributed by atoms with van der Waals surface area (Å²) < 4.78 is 10.1. The lowest BCUT2D eigenvalue weighted by Gasteiger charge is -2.09. The van der Waals surface area contributed by atoms with Gasteiger partial charge in [0.2, 0.25) is 5.91 Å². The predicted molar refractivity (Wildman–Crippen MR) is 76.7 cm³/mol. The van der Waals surface area contributed by atoms with Crippen molar-refractivity contribution < 1.29 is 19.1 Å². The Kier molecular flexibility index (Phi) is 6.56. The number of benzene rings is 1. The second kappa shape index (κ2) is 8.19. The van der Waals surface area contributed by atoms with Crippen LogP contribution in [0.4, 0.5) is 5.69 Å². The van der Waals surface area contributed by atoms with Crippen LogP contribution in [0.5, 0.6) is 5.75 Å². The summed E-state index contributed by atoms with van der Waals surface area (Å²) in [6.45, 7) is 5.89. The molecule has 5 heteroatoms. The van der Waals surface area contributed by atoms with Gasteiger partial charge in [0.15, 0.2) is 6.61 Å². The van der Waals surface area contributed by atoms with E-state index < -0.39 is 5.97 Å². The average Bonchev–Trinajstić information content (AvgIpc) is 2.36. The molecule has 0 heterocycles. The lowest BCUT2D eigenvalue weighted by molar-refractivity contribution is -0.145. The minimum atomic E-state index is -0.415. The number of carbonyl (C=O) groups excluding carboxylic acids is 2. The molecule has 0 unspecified atom stereocenters. The van der Waals surface area contributed by atoms with Gasteiger partial charge in [-0.25, -0.2) is 4.79 Å². The minimum absolute atomic E-state index is 0.0393. The molecule has 0 aliphatic carbocycles. The number of rotatable bonds is 7. The van der Waals surface area contributed by atoms with Gasteiger partial charge in [0.05, 0.1) is 6.61 Å². The summed E-state index contributed by atoms with van der Waals surface area (Å²) in [6, 6.07) is 6.93. The van der Waals surface area contributed by atoms with Gasteiger partial charge in [-0.3, -0.25) is 4.79 Å². The molecule has 20 heavy (non-hydrogen) atoms. The molecule has 0 saturated heterocycles. The van der Waals surface area contributed by atoms with E-state index in [0.717, 1.165) is 0 Å². The van der Waals surface area contributed by atoms with E-state index in [9.17, 15) is 9.59 Å². The molecule has 0 fully saturated rings. The van der Waals surface area contributed by atoms with Crippen molar-refractivity contribution in [3.8, 4) is 5.75 Å². The standard InChI is InChI=1S/C15H21NO4/c1-4-19-15(18)10-20-13-7-5-6-12(9-13)16-14(17)8-11(2)3/h5-7,9,11H,4,8,10H2,1-3H3,(H,16,17). The lowest BCUT2D eigenvalue weighted by Crippen LogP contribution is -2.15. The van der Waals surface area contributed by atoms with Crippen LogP contribution in [0.15, 0.2) is 24.3 Å². The first-order chi connectivity index (χ1) is 9.51. The molecule has 1 amide bonds. The van der Waals surface area contributed by atoms with E-state index in [2.05, 4.69) is 5.32 Å². The van der Waals surface area contributed by atoms with Crippen LogP contribution in [0.3, 0.4) is 0 Å². The Balaban J connectivity index is 2.53. The third kappa shape index (κ3) is 6.22. The van der Waals surface area contributed by atoms with Crippen LogP contribution < -0.4 is 10.1 Å². The third-order valence-electron chi connectivity index (χ3n) is 2.37. The Morgan fingerprint density at radius 1 is 1.30 bits per heavy atom. The number of ether oxygens (including phenoxy) is 2. The van der Waals surface area contributed by atoms with E-state index in [1.165, 1.54) is 0 Å². The molecule has 0 radical (unpaired) electrons. The number of esters is 1. The first-order valence-corrected chi connectivity index (χ1v) is 6.69. The monoisotopic (exact) mass is 279 g/mol. The van der Waals surface area contributed by atoms with E-state index in [1.54, 1.807) is 31.2 Å². The van der Waals surface area contributed by atoms with Crippen LogP contribution in [0.2, 0.25) is 0 Å². The van der Waals surface area contributed by atoms with E-state index in [-0.39, 0.29) is 12.5 Å². The summed E-state index contributed by atoms with van der Waals surface area (Å²) in [5.41, 5.74) is 0.650. The van der Waals surface area contributed by atoms with Crippen molar-refractivity contribution in [3.63, 3.8) is 0 Å². The fourth-order valence-electron chi connectivity index (χ4n) is 1.59. The number of nitrogens with one attached hydrogen (secondary N) is 1. The summed E-state index contributed by atoms with van der Waals surface area (Å²) in [6.07, 6.45) is 0.466. The molecule has 1 aromatic rings. The maximum Gasteiger partial charge on any atom is 0.344 e. The van der Waals surface area contributed by atoms with E-state index in [1.807, 2.05) is 13.8 Å². The maximum absolute atomic E-state index is 11.7. The molecule has 110 valence electrons. The lowest BCUT2D eigenvalue weighted by atomic mass is 10.1. The van der Waals surface area contributed by atoms with Crippen LogP contribution in [-0.4, -0.2) is 25.1 Å². The predicted octanol–water partition coefficient (Wildman–Crippen LogP) is 2.61.